The third-order valence-corrected chi connectivity index (χ3v) is 3.05. The molecule has 1 aromatic rings. The highest BCUT2D eigenvalue weighted by atomic mass is 16.1. The fourth-order valence-electron chi connectivity index (χ4n) is 2.25. The van der Waals surface area contributed by atoms with Crippen LogP contribution in [0.5, 0.6) is 0 Å². The van der Waals surface area contributed by atoms with Crippen LogP contribution >= 0.6 is 0 Å². The summed E-state index contributed by atoms with van der Waals surface area (Å²) in [6, 6.07) is 1.92. The second-order valence-corrected chi connectivity index (χ2v) is 4.13. The van der Waals surface area contributed by atoms with Gasteiger partial charge in [0.1, 0.15) is 0 Å². The summed E-state index contributed by atoms with van der Waals surface area (Å²) in [5.74, 6) is 0.990. The number of hydrogen-bond donors (Lipinski definition) is 2. The Balaban J connectivity index is 1.95. The number of piperazine rings is 1. The van der Waals surface area contributed by atoms with Crippen molar-refractivity contribution < 1.29 is 4.79 Å². The van der Waals surface area contributed by atoms with E-state index in [1.165, 1.54) is 0 Å². The summed E-state index contributed by atoms with van der Waals surface area (Å²) in [7, 11) is 0. The Morgan fingerprint density at radius 3 is 2.94 bits per heavy atom. The fraction of sp³-hybridized carbons (Fsp3) is 0.455. The lowest BCUT2D eigenvalue weighted by atomic mass is 10.2. The number of hydrogen-bond acceptors (Lipinski definition) is 4. The standard InChI is InChI=1S/C11H14N4O/c16-9-7-8-1-2-13-11(10(8)14-9)15-5-3-12-4-6-15/h1-2,12H,3-7H2,(H,14,16). The monoisotopic (exact) mass is 218 g/mol. The van der Waals surface area contributed by atoms with E-state index in [9.17, 15) is 4.79 Å². The molecule has 5 nitrogen and oxygen atoms in total. The van der Waals surface area contributed by atoms with Crippen LogP contribution in [0.1, 0.15) is 5.56 Å². The van der Waals surface area contributed by atoms with Crippen molar-refractivity contribution in [1.82, 2.24) is 10.3 Å². The van der Waals surface area contributed by atoms with Gasteiger partial charge in [-0.2, -0.15) is 0 Å². The predicted octanol–water partition coefficient (Wildman–Crippen LogP) is -0.0142. The first-order chi connectivity index (χ1) is 7.84. The topological polar surface area (TPSA) is 57.3 Å². The molecule has 84 valence electrons. The summed E-state index contributed by atoms with van der Waals surface area (Å²) in [4.78, 5) is 18.0. The highest BCUT2D eigenvalue weighted by Crippen LogP contribution is 2.31. The Kier molecular flexibility index (Phi) is 2.25. The van der Waals surface area contributed by atoms with Gasteiger partial charge in [-0.3, -0.25) is 4.79 Å². The van der Waals surface area contributed by atoms with Crippen LogP contribution in [0, 0.1) is 0 Å². The molecule has 0 atom stereocenters. The molecule has 2 N–H and O–H groups in total. The zero-order valence-electron chi connectivity index (χ0n) is 8.99. The summed E-state index contributed by atoms with van der Waals surface area (Å²) in [5, 5.41) is 6.20. The number of pyridine rings is 1. The molecule has 0 unspecified atom stereocenters. The highest BCUT2D eigenvalue weighted by molar-refractivity contribution is 6.02. The fourth-order valence-corrected chi connectivity index (χ4v) is 2.25. The molecule has 1 saturated heterocycles. The Bertz CT molecular complexity index is 426. The van der Waals surface area contributed by atoms with E-state index < -0.39 is 0 Å². The molecular formula is C11H14N4O. The summed E-state index contributed by atoms with van der Waals surface area (Å²) in [6.07, 6.45) is 2.27. The molecule has 3 heterocycles. The average molecular weight is 218 g/mol. The maximum atomic E-state index is 11.4. The minimum absolute atomic E-state index is 0.0689. The van der Waals surface area contributed by atoms with Crippen LogP contribution in [0.3, 0.4) is 0 Å². The molecule has 1 amide bonds. The van der Waals surface area contributed by atoms with Crippen molar-refractivity contribution in [2.45, 2.75) is 6.42 Å². The van der Waals surface area contributed by atoms with E-state index in [4.69, 9.17) is 0 Å². The smallest absolute Gasteiger partial charge is 0.228 e. The largest absolute Gasteiger partial charge is 0.352 e. The quantitative estimate of drug-likeness (QED) is 0.696. The molecule has 5 heteroatoms. The van der Waals surface area contributed by atoms with Crippen molar-refractivity contribution in [3.8, 4) is 0 Å². The molecule has 0 aliphatic carbocycles. The van der Waals surface area contributed by atoms with E-state index in [2.05, 4.69) is 20.5 Å². The molecule has 0 saturated carbocycles. The zero-order chi connectivity index (χ0) is 11.0. The summed E-state index contributed by atoms with van der Waals surface area (Å²) in [5.41, 5.74) is 1.97. The van der Waals surface area contributed by atoms with Crippen LogP contribution in [-0.2, 0) is 11.2 Å². The lowest BCUT2D eigenvalue weighted by Crippen LogP contribution is -2.44. The van der Waals surface area contributed by atoms with Crippen LogP contribution in [0.25, 0.3) is 0 Å². The number of rotatable bonds is 1. The summed E-state index contributed by atoms with van der Waals surface area (Å²) >= 11 is 0. The summed E-state index contributed by atoms with van der Waals surface area (Å²) < 4.78 is 0. The van der Waals surface area contributed by atoms with Gasteiger partial charge in [0.2, 0.25) is 5.91 Å². The van der Waals surface area contributed by atoms with Crippen molar-refractivity contribution in [2.75, 3.05) is 36.4 Å². The van der Waals surface area contributed by atoms with Crippen LogP contribution in [0.2, 0.25) is 0 Å². The number of aromatic nitrogens is 1. The van der Waals surface area contributed by atoms with E-state index in [0.717, 1.165) is 43.2 Å². The van der Waals surface area contributed by atoms with E-state index in [1.807, 2.05) is 6.07 Å². The molecular weight excluding hydrogens is 204 g/mol. The van der Waals surface area contributed by atoms with Gasteiger partial charge in [0.05, 0.1) is 12.1 Å². The van der Waals surface area contributed by atoms with Gasteiger partial charge in [0.25, 0.3) is 0 Å². The number of nitrogens with zero attached hydrogens (tertiary/aromatic N) is 2. The molecule has 2 aliphatic rings. The van der Waals surface area contributed by atoms with Crippen LogP contribution < -0.4 is 15.5 Å². The van der Waals surface area contributed by atoms with Crippen LogP contribution in [0.15, 0.2) is 12.3 Å². The maximum Gasteiger partial charge on any atom is 0.228 e. The second kappa shape index (κ2) is 3.75. The molecule has 0 radical (unpaired) electrons. The van der Waals surface area contributed by atoms with Gasteiger partial charge in [-0.25, -0.2) is 4.98 Å². The summed E-state index contributed by atoms with van der Waals surface area (Å²) in [6.45, 7) is 3.83. The molecule has 3 rings (SSSR count). The van der Waals surface area contributed by atoms with Gasteiger partial charge in [0.15, 0.2) is 5.82 Å². The van der Waals surface area contributed by atoms with Crippen LogP contribution in [0.4, 0.5) is 11.5 Å². The molecule has 16 heavy (non-hydrogen) atoms. The number of carbonyl (C=O) groups excluding carboxylic acids is 1. The van der Waals surface area contributed by atoms with E-state index in [0.29, 0.717) is 6.42 Å². The minimum atomic E-state index is 0.0689. The molecule has 2 aliphatic heterocycles. The maximum absolute atomic E-state index is 11.4. The van der Waals surface area contributed by atoms with Crippen molar-refractivity contribution in [1.29, 1.82) is 0 Å². The van der Waals surface area contributed by atoms with Gasteiger partial charge < -0.3 is 15.5 Å². The van der Waals surface area contributed by atoms with Gasteiger partial charge in [-0.05, 0) is 11.6 Å². The molecule has 1 fully saturated rings. The first kappa shape index (κ1) is 9.59. The minimum Gasteiger partial charge on any atom is -0.352 e. The number of anilines is 2. The second-order valence-electron chi connectivity index (χ2n) is 4.13. The highest BCUT2D eigenvalue weighted by Gasteiger charge is 2.24. The Morgan fingerprint density at radius 2 is 2.12 bits per heavy atom. The Hall–Kier alpha value is -1.62. The van der Waals surface area contributed by atoms with E-state index >= 15 is 0 Å². The number of amides is 1. The molecule has 1 aromatic heterocycles. The van der Waals surface area contributed by atoms with Gasteiger partial charge in [0, 0.05) is 32.4 Å². The van der Waals surface area contributed by atoms with Crippen molar-refractivity contribution in [3.63, 3.8) is 0 Å². The molecule has 0 aromatic carbocycles. The SMILES string of the molecule is O=C1Cc2ccnc(N3CCNCC3)c2N1. The van der Waals surface area contributed by atoms with Gasteiger partial charge in [-0.15, -0.1) is 0 Å². The van der Waals surface area contributed by atoms with E-state index in [-0.39, 0.29) is 5.91 Å². The third-order valence-electron chi connectivity index (χ3n) is 3.05. The zero-order valence-corrected chi connectivity index (χ0v) is 8.99. The Morgan fingerprint density at radius 1 is 1.31 bits per heavy atom. The third kappa shape index (κ3) is 1.53. The van der Waals surface area contributed by atoms with Crippen molar-refractivity contribution >= 4 is 17.4 Å². The molecule has 0 bridgehead atoms. The normalized spacial score (nSPS) is 19.5. The van der Waals surface area contributed by atoms with Gasteiger partial charge in [-0.1, -0.05) is 0 Å². The van der Waals surface area contributed by atoms with E-state index in [1.54, 1.807) is 6.20 Å². The average Bonchev–Trinajstić information content (AvgIpc) is 2.70. The number of nitrogens with one attached hydrogen (secondary N) is 2. The van der Waals surface area contributed by atoms with Crippen molar-refractivity contribution in [3.05, 3.63) is 17.8 Å². The van der Waals surface area contributed by atoms with Crippen molar-refractivity contribution in [2.24, 2.45) is 0 Å². The van der Waals surface area contributed by atoms with Crippen LogP contribution in [-0.4, -0.2) is 37.1 Å². The number of fused-ring (bicyclic) bond motifs is 1. The molecule has 0 spiro atoms. The number of carbonyl (C=O) groups is 1. The first-order valence-corrected chi connectivity index (χ1v) is 5.58. The lowest BCUT2D eigenvalue weighted by molar-refractivity contribution is -0.115. The lowest BCUT2D eigenvalue weighted by Gasteiger charge is -2.29. The predicted molar refractivity (Wildman–Crippen MR) is 61.7 cm³/mol. The van der Waals surface area contributed by atoms with Gasteiger partial charge >= 0.3 is 0 Å². The first-order valence-electron chi connectivity index (χ1n) is 5.58. The Labute approximate surface area is 93.9 Å².